The second kappa shape index (κ2) is 6.91. The lowest BCUT2D eigenvalue weighted by Gasteiger charge is -2.28. The third-order valence-electron chi connectivity index (χ3n) is 5.13. The second-order valence-corrected chi connectivity index (χ2v) is 8.62. The molecular formula is C21H20N2O4S. The molecule has 1 fully saturated rings. The van der Waals surface area contributed by atoms with E-state index in [1.807, 2.05) is 0 Å². The lowest BCUT2D eigenvalue weighted by Crippen LogP contribution is -2.36. The van der Waals surface area contributed by atoms with Crippen molar-refractivity contribution in [3.05, 3.63) is 75.8 Å². The minimum atomic E-state index is -4.25. The van der Waals surface area contributed by atoms with Gasteiger partial charge in [-0.2, -0.15) is 0 Å². The Balaban J connectivity index is 1.89. The van der Waals surface area contributed by atoms with Gasteiger partial charge in [0.05, 0.1) is 5.69 Å². The van der Waals surface area contributed by atoms with Gasteiger partial charge in [-0.3, -0.25) is 14.3 Å². The van der Waals surface area contributed by atoms with Gasteiger partial charge in [-0.1, -0.05) is 42.5 Å². The van der Waals surface area contributed by atoms with Crippen LogP contribution < -0.4 is 4.72 Å². The van der Waals surface area contributed by atoms with Crippen molar-refractivity contribution in [1.29, 1.82) is 0 Å². The SMILES string of the molecule is Cc1ccccc1NS(=O)(=O)C1=C(N2CCCC2)C(=O)c2ccccc2C1=O. The van der Waals surface area contributed by atoms with Crippen molar-refractivity contribution < 1.29 is 18.0 Å². The lowest BCUT2D eigenvalue weighted by molar-refractivity contribution is 0.0953. The smallest absolute Gasteiger partial charge is 0.268 e. The van der Waals surface area contributed by atoms with Crippen LogP contribution in [0, 0.1) is 6.92 Å². The van der Waals surface area contributed by atoms with Gasteiger partial charge >= 0.3 is 0 Å². The predicted octanol–water partition coefficient (Wildman–Crippen LogP) is 3.12. The molecule has 4 rings (SSSR count). The highest BCUT2D eigenvalue weighted by Gasteiger charge is 2.42. The summed E-state index contributed by atoms with van der Waals surface area (Å²) < 4.78 is 29.0. The number of allylic oxidation sites excluding steroid dienone is 2. The number of hydrogen-bond donors (Lipinski definition) is 1. The molecule has 7 heteroatoms. The number of aryl methyl sites for hydroxylation is 1. The predicted molar refractivity (Wildman–Crippen MR) is 107 cm³/mol. The Bertz CT molecular complexity index is 1110. The zero-order chi connectivity index (χ0) is 19.9. The normalized spacial score (nSPS) is 17.1. The number of rotatable bonds is 4. The van der Waals surface area contributed by atoms with E-state index in [1.165, 1.54) is 6.07 Å². The molecule has 0 atom stereocenters. The maximum absolute atomic E-state index is 13.3. The van der Waals surface area contributed by atoms with Crippen molar-refractivity contribution >= 4 is 27.3 Å². The number of sulfonamides is 1. The van der Waals surface area contributed by atoms with Crippen molar-refractivity contribution in [2.75, 3.05) is 17.8 Å². The van der Waals surface area contributed by atoms with Crippen LogP contribution in [0.3, 0.4) is 0 Å². The Morgan fingerprint density at radius 3 is 2.07 bits per heavy atom. The quantitative estimate of drug-likeness (QED) is 0.858. The van der Waals surface area contributed by atoms with Gasteiger partial charge in [-0.25, -0.2) is 8.42 Å². The zero-order valence-electron chi connectivity index (χ0n) is 15.4. The van der Waals surface area contributed by atoms with Crippen LogP contribution in [0.15, 0.2) is 59.1 Å². The second-order valence-electron chi connectivity index (χ2n) is 7.00. The van der Waals surface area contributed by atoms with Crippen molar-refractivity contribution in [3.8, 4) is 0 Å². The van der Waals surface area contributed by atoms with Crippen LogP contribution >= 0.6 is 0 Å². The van der Waals surface area contributed by atoms with Gasteiger partial charge < -0.3 is 4.90 Å². The highest BCUT2D eigenvalue weighted by molar-refractivity contribution is 7.97. The Morgan fingerprint density at radius 2 is 1.43 bits per heavy atom. The largest absolute Gasteiger partial charge is 0.367 e. The number of para-hydroxylation sites is 1. The summed E-state index contributed by atoms with van der Waals surface area (Å²) in [6.07, 6.45) is 1.70. The standard InChI is InChI=1S/C21H20N2O4S/c1-14-8-2-5-11-17(14)22-28(26,27)21-18(23-12-6-7-13-23)19(24)15-9-3-4-10-16(15)20(21)25/h2-5,8-11,22H,6-7,12-13H2,1H3. The van der Waals surface area contributed by atoms with Crippen molar-refractivity contribution in [2.24, 2.45) is 0 Å². The van der Waals surface area contributed by atoms with E-state index in [0.717, 1.165) is 18.4 Å². The maximum atomic E-state index is 13.3. The molecule has 0 radical (unpaired) electrons. The summed E-state index contributed by atoms with van der Waals surface area (Å²) in [7, 11) is -4.25. The molecule has 28 heavy (non-hydrogen) atoms. The molecule has 1 aliphatic carbocycles. The number of nitrogens with zero attached hydrogens (tertiary/aromatic N) is 1. The van der Waals surface area contributed by atoms with Crippen LogP contribution in [0.5, 0.6) is 0 Å². The van der Waals surface area contributed by atoms with Crippen LogP contribution in [-0.2, 0) is 10.0 Å². The zero-order valence-corrected chi connectivity index (χ0v) is 16.3. The molecule has 144 valence electrons. The summed E-state index contributed by atoms with van der Waals surface area (Å²) in [5.41, 5.74) is 1.48. The van der Waals surface area contributed by atoms with Gasteiger partial charge in [0.2, 0.25) is 11.6 Å². The number of ketones is 2. The summed E-state index contributed by atoms with van der Waals surface area (Å²) in [5, 5.41) is 0. The molecule has 1 aliphatic heterocycles. The first-order chi connectivity index (χ1) is 13.4. The Morgan fingerprint density at radius 1 is 0.857 bits per heavy atom. The van der Waals surface area contributed by atoms with Crippen LogP contribution in [0.25, 0.3) is 0 Å². The van der Waals surface area contributed by atoms with Gasteiger partial charge in [0.25, 0.3) is 10.0 Å². The molecule has 2 aromatic rings. The average molecular weight is 396 g/mol. The van der Waals surface area contributed by atoms with Gasteiger partial charge in [0.15, 0.2) is 4.91 Å². The molecule has 2 aromatic carbocycles. The molecule has 0 aromatic heterocycles. The monoisotopic (exact) mass is 396 g/mol. The van der Waals surface area contributed by atoms with E-state index < -0.39 is 26.5 Å². The fourth-order valence-corrected chi connectivity index (χ4v) is 5.15. The van der Waals surface area contributed by atoms with Crippen molar-refractivity contribution in [3.63, 3.8) is 0 Å². The summed E-state index contributed by atoms with van der Waals surface area (Å²) in [4.78, 5) is 27.6. The number of likely N-dealkylation sites (tertiary alicyclic amines) is 1. The first-order valence-corrected chi connectivity index (χ1v) is 10.6. The van der Waals surface area contributed by atoms with Gasteiger partial charge in [-0.15, -0.1) is 0 Å². The van der Waals surface area contributed by atoms with E-state index in [9.17, 15) is 18.0 Å². The highest BCUT2D eigenvalue weighted by Crippen LogP contribution is 2.34. The summed E-state index contributed by atoms with van der Waals surface area (Å²) in [5.74, 6) is -1.06. The molecule has 0 bridgehead atoms. The third-order valence-corrected chi connectivity index (χ3v) is 6.54. The number of fused-ring (bicyclic) bond motifs is 1. The Hall–Kier alpha value is -2.93. The molecule has 0 amide bonds. The fraction of sp³-hybridized carbons (Fsp3) is 0.238. The first-order valence-electron chi connectivity index (χ1n) is 9.16. The number of benzene rings is 2. The van der Waals surface area contributed by atoms with Crippen LogP contribution in [0.1, 0.15) is 39.1 Å². The van der Waals surface area contributed by atoms with Crippen LogP contribution in [0.2, 0.25) is 0 Å². The molecule has 1 N–H and O–H groups in total. The van der Waals surface area contributed by atoms with Crippen LogP contribution in [0.4, 0.5) is 5.69 Å². The molecule has 0 spiro atoms. The Labute approximate surface area is 163 Å². The van der Waals surface area contributed by atoms with E-state index >= 15 is 0 Å². The Kier molecular flexibility index (Phi) is 4.55. The molecule has 1 saturated heterocycles. The number of anilines is 1. The fourth-order valence-electron chi connectivity index (χ4n) is 3.70. The van der Waals surface area contributed by atoms with Gasteiger partial charge in [0.1, 0.15) is 5.70 Å². The number of carbonyl (C=O) groups is 2. The number of carbonyl (C=O) groups excluding carboxylic acids is 2. The number of hydrogen-bond acceptors (Lipinski definition) is 5. The third kappa shape index (κ3) is 3.01. The van der Waals surface area contributed by atoms with Crippen LogP contribution in [-0.4, -0.2) is 38.0 Å². The molecule has 0 unspecified atom stereocenters. The van der Waals surface area contributed by atoms with Crippen molar-refractivity contribution in [2.45, 2.75) is 19.8 Å². The average Bonchev–Trinajstić information content (AvgIpc) is 3.20. The summed E-state index contributed by atoms with van der Waals surface area (Å²) in [6, 6.07) is 13.3. The first kappa shape index (κ1) is 18.4. The van der Waals surface area contributed by atoms with E-state index in [4.69, 9.17) is 0 Å². The molecular weight excluding hydrogens is 376 g/mol. The van der Waals surface area contributed by atoms with E-state index in [1.54, 1.807) is 54.3 Å². The highest BCUT2D eigenvalue weighted by atomic mass is 32.2. The lowest BCUT2D eigenvalue weighted by atomic mass is 9.92. The van der Waals surface area contributed by atoms with E-state index in [0.29, 0.717) is 18.8 Å². The van der Waals surface area contributed by atoms with E-state index in [2.05, 4.69) is 4.72 Å². The van der Waals surface area contributed by atoms with E-state index in [-0.39, 0.29) is 16.8 Å². The van der Waals surface area contributed by atoms with Gasteiger partial charge in [0, 0.05) is 24.2 Å². The molecule has 6 nitrogen and oxygen atoms in total. The summed E-state index contributed by atoms with van der Waals surface area (Å²) >= 11 is 0. The maximum Gasteiger partial charge on any atom is 0.268 e. The minimum Gasteiger partial charge on any atom is -0.367 e. The van der Waals surface area contributed by atoms with Crippen molar-refractivity contribution in [1.82, 2.24) is 4.90 Å². The van der Waals surface area contributed by atoms with Gasteiger partial charge in [-0.05, 0) is 31.4 Å². The molecule has 2 aliphatic rings. The summed E-state index contributed by atoms with van der Waals surface area (Å²) in [6.45, 7) is 2.89. The number of Topliss-reactive ketones (excluding diaryl/α,β-unsaturated/α-hetero) is 2. The molecule has 0 saturated carbocycles. The molecule has 1 heterocycles. The minimum absolute atomic E-state index is 0.0118. The number of nitrogens with one attached hydrogen (secondary N) is 1. The topological polar surface area (TPSA) is 83.6 Å².